The monoisotopic (exact) mass is 234 g/mol. The fourth-order valence-corrected chi connectivity index (χ4v) is 2.09. The zero-order valence-corrected chi connectivity index (χ0v) is 10.5. The van der Waals surface area contributed by atoms with Crippen molar-refractivity contribution in [2.75, 3.05) is 6.54 Å². The topological polar surface area (TPSA) is 55.1 Å². The van der Waals surface area contributed by atoms with Crippen LogP contribution < -0.4 is 11.1 Å². The quantitative estimate of drug-likeness (QED) is 0.781. The van der Waals surface area contributed by atoms with E-state index in [-0.39, 0.29) is 30.3 Å². The molecule has 1 rings (SSSR count). The van der Waals surface area contributed by atoms with Crippen LogP contribution >= 0.6 is 12.4 Å². The van der Waals surface area contributed by atoms with E-state index >= 15 is 0 Å². The Hall–Kier alpha value is -0.280. The summed E-state index contributed by atoms with van der Waals surface area (Å²) in [6.45, 7) is 4.70. The highest BCUT2D eigenvalue weighted by atomic mass is 35.5. The molecule has 1 amide bonds. The lowest BCUT2D eigenvalue weighted by atomic mass is 9.82. The second-order valence-corrected chi connectivity index (χ2v) is 4.61. The molecular weight excluding hydrogens is 212 g/mol. The van der Waals surface area contributed by atoms with E-state index < -0.39 is 0 Å². The minimum Gasteiger partial charge on any atom is -0.352 e. The van der Waals surface area contributed by atoms with E-state index in [9.17, 15) is 4.79 Å². The highest BCUT2D eigenvalue weighted by molar-refractivity contribution is 5.85. The Labute approximate surface area is 98.6 Å². The average molecular weight is 235 g/mol. The third kappa shape index (κ3) is 4.85. The van der Waals surface area contributed by atoms with E-state index in [0.29, 0.717) is 12.5 Å². The molecule has 0 aromatic rings. The zero-order chi connectivity index (χ0) is 10.6. The molecule has 3 N–H and O–H groups in total. The molecule has 0 aliphatic heterocycles. The van der Waals surface area contributed by atoms with E-state index in [0.717, 1.165) is 12.8 Å². The summed E-state index contributed by atoms with van der Waals surface area (Å²) in [6.07, 6.45) is 4.56. The number of halogens is 1. The zero-order valence-electron chi connectivity index (χ0n) is 9.66. The van der Waals surface area contributed by atoms with Gasteiger partial charge in [-0.15, -0.1) is 12.4 Å². The lowest BCUT2D eigenvalue weighted by Crippen LogP contribution is -2.42. The van der Waals surface area contributed by atoms with Crippen LogP contribution in [-0.4, -0.2) is 18.5 Å². The largest absolute Gasteiger partial charge is 0.352 e. The Morgan fingerprint density at radius 2 is 2.20 bits per heavy atom. The van der Waals surface area contributed by atoms with Gasteiger partial charge in [0, 0.05) is 18.5 Å². The molecule has 0 heterocycles. The normalized spacial score (nSPS) is 27.7. The van der Waals surface area contributed by atoms with Gasteiger partial charge in [0.2, 0.25) is 5.91 Å². The van der Waals surface area contributed by atoms with Crippen LogP contribution in [0.15, 0.2) is 0 Å². The molecule has 2 unspecified atom stereocenters. The average Bonchev–Trinajstić information content (AvgIpc) is 2.17. The Bertz CT molecular complexity index is 199. The molecule has 90 valence electrons. The number of carbonyl (C=O) groups excluding carboxylic acids is 1. The fourth-order valence-electron chi connectivity index (χ4n) is 2.09. The maximum absolute atomic E-state index is 11.7. The summed E-state index contributed by atoms with van der Waals surface area (Å²) >= 11 is 0. The first-order chi connectivity index (χ1) is 6.63. The van der Waals surface area contributed by atoms with Gasteiger partial charge in [-0.05, 0) is 25.7 Å². The number of nitrogens with two attached hydrogens (primary N) is 1. The molecular formula is C11H23ClN2O. The van der Waals surface area contributed by atoms with Crippen molar-refractivity contribution in [3.8, 4) is 0 Å². The van der Waals surface area contributed by atoms with Crippen LogP contribution in [0.4, 0.5) is 0 Å². The summed E-state index contributed by atoms with van der Waals surface area (Å²) < 4.78 is 0. The predicted octanol–water partition coefficient (Wildman–Crippen LogP) is 1.70. The smallest absolute Gasteiger partial charge is 0.223 e. The first-order valence-electron chi connectivity index (χ1n) is 5.64. The summed E-state index contributed by atoms with van der Waals surface area (Å²) in [4.78, 5) is 11.7. The number of carbonyl (C=O) groups is 1. The summed E-state index contributed by atoms with van der Waals surface area (Å²) in [5.41, 5.74) is 5.46. The van der Waals surface area contributed by atoms with Gasteiger partial charge in [0.1, 0.15) is 0 Å². The lowest BCUT2D eigenvalue weighted by Gasteiger charge is -2.26. The van der Waals surface area contributed by atoms with Crippen molar-refractivity contribution in [3.63, 3.8) is 0 Å². The number of nitrogens with one attached hydrogen (secondary N) is 1. The van der Waals surface area contributed by atoms with Gasteiger partial charge in [-0.25, -0.2) is 0 Å². The second-order valence-electron chi connectivity index (χ2n) is 4.61. The van der Waals surface area contributed by atoms with Crippen LogP contribution in [0.2, 0.25) is 0 Å². The van der Waals surface area contributed by atoms with E-state index in [1.807, 2.05) is 6.92 Å². The third-order valence-electron chi connectivity index (χ3n) is 3.05. The molecule has 0 spiro atoms. The van der Waals surface area contributed by atoms with Crippen molar-refractivity contribution >= 4 is 18.3 Å². The van der Waals surface area contributed by atoms with Crippen LogP contribution in [0, 0.1) is 11.8 Å². The molecule has 3 nitrogen and oxygen atoms in total. The number of amides is 1. The fraction of sp³-hybridized carbons (Fsp3) is 0.909. The van der Waals surface area contributed by atoms with Gasteiger partial charge in [-0.2, -0.15) is 0 Å². The molecule has 0 aromatic heterocycles. The molecule has 3 atom stereocenters. The molecule has 0 saturated heterocycles. The Balaban J connectivity index is 0.00000196. The van der Waals surface area contributed by atoms with Gasteiger partial charge < -0.3 is 11.1 Å². The maximum Gasteiger partial charge on any atom is 0.223 e. The summed E-state index contributed by atoms with van der Waals surface area (Å²) in [5.74, 6) is 1.13. The molecule has 1 aliphatic carbocycles. The lowest BCUT2D eigenvalue weighted by molar-refractivity contribution is -0.126. The van der Waals surface area contributed by atoms with Crippen LogP contribution in [0.25, 0.3) is 0 Å². The van der Waals surface area contributed by atoms with Crippen molar-refractivity contribution in [2.24, 2.45) is 17.6 Å². The van der Waals surface area contributed by atoms with Crippen molar-refractivity contribution < 1.29 is 4.79 Å². The molecule has 0 bridgehead atoms. The van der Waals surface area contributed by atoms with Crippen molar-refractivity contribution in [1.29, 1.82) is 0 Å². The van der Waals surface area contributed by atoms with Crippen molar-refractivity contribution in [2.45, 2.75) is 45.6 Å². The van der Waals surface area contributed by atoms with E-state index in [1.165, 1.54) is 12.8 Å². The first-order valence-corrected chi connectivity index (χ1v) is 5.64. The first kappa shape index (κ1) is 14.7. The van der Waals surface area contributed by atoms with Crippen LogP contribution in [-0.2, 0) is 4.79 Å². The van der Waals surface area contributed by atoms with Gasteiger partial charge in [0.25, 0.3) is 0 Å². The van der Waals surface area contributed by atoms with E-state index in [4.69, 9.17) is 5.73 Å². The molecule has 1 fully saturated rings. The third-order valence-corrected chi connectivity index (χ3v) is 3.05. The number of hydrogen-bond acceptors (Lipinski definition) is 2. The summed E-state index contributed by atoms with van der Waals surface area (Å²) in [5, 5.41) is 2.96. The highest BCUT2D eigenvalue weighted by Crippen LogP contribution is 2.28. The maximum atomic E-state index is 11.7. The second kappa shape index (κ2) is 7.07. The van der Waals surface area contributed by atoms with Crippen LogP contribution in [0.5, 0.6) is 0 Å². The van der Waals surface area contributed by atoms with Gasteiger partial charge in [0.05, 0.1) is 0 Å². The minimum atomic E-state index is 0. The Morgan fingerprint density at radius 3 is 2.73 bits per heavy atom. The molecule has 4 heteroatoms. The standard InChI is InChI=1S/C11H22N2O.ClH/c1-8-4-3-5-10(6-8)11(14)13-9(2)7-12;/h8-10H,3-7,12H2,1-2H3,(H,13,14);1H/t8?,9-,10?;/m0./s1. The van der Waals surface area contributed by atoms with Gasteiger partial charge >= 0.3 is 0 Å². The van der Waals surface area contributed by atoms with Gasteiger partial charge in [-0.3, -0.25) is 4.79 Å². The Morgan fingerprint density at radius 1 is 1.53 bits per heavy atom. The molecule has 0 aromatic carbocycles. The van der Waals surface area contributed by atoms with Crippen molar-refractivity contribution in [3.05, 3.63) is 0 Å². The Kier molecular flexibility index (Phi) is 6.94. The van der Waals surface area contributed by atoms with Crippen LogP contribution in [0.1, 0.15) is 39.5 Å². The number of hydrogen-bond donors (Lipinski definition) is 2. The molecule has 15 heavy (non-hydrogen) atoms. The van der Waals surface area contributed by atoms with E-state index in [2.05, 4.69) is 12.2 Å². The van der Waals surface area contributed by atoms with Crippen LogP contribution in [0.3, 0.4) is 0 Å². The van der Waals surface area contributed by atoms with Crippen molar-refractivity contribution in [1.82, 2.24) is 5.32 Å². The molecule has 1 saturated carbocycles. The molecule has 0 radical (unpaired) electrons. The van der Waals surface area contributed by atoms with Gasteiger partial charge in [-0.1, -0.05) is 19.8 Å². The minimum absolute atomic E-state index is 0. The summed E-state index contributed by atoms with van der Waals surface area (Å²) in [6, 6.07) is 0.111. The highest BCUT2D eigenvalue weighted by Gasteiger charge is 2.25. The number of rotatable bonds is 3. The SMILES string of the molecule is CC1CCCC(C(=O)N[C@@H](C)CN)C1.Cl. The predicted molar refractivity (Wildman–Crippen MR) is 65.0 cm³/mol. The van der Waals surface area contributed by atoms with E-state index in [1.54, 1.807) is 0 Å². The van der Waals surface area contributed by atoms with Gasteiger partial charge in [0.15, 0.2) is 0 Å². The molecule has 1 aliphatic rings. The summed E-state index contributed by atoms with van der Waals surface area (Å²) in [7, 11) is 0.